The van der Waals surface area contributed by atoms with Crippen molar-refractivity contribution in [3.63, 3.8) is 0 Å². The number of hydrogen-bond acceptors (Lipinski definition) is 3. The number of carboxylic acids is 1. The van der Waals surface area contributed by atoms with Crippen molar-refractivity contribution in [1.82, 2.24) is 5.32 Å². The number of nitrogens with two attached hydrogens (primary N) is 1. The van der Waals surface area contributed by atoms with Crippen molar-refractivity contribution in [2.45, 2.75) is 46.1 Å². The Morgan fingerprint density at radius 1 is 1.24 bits per heavy atom. The lowest BCUT2D eigenvalue weighted by atomic mass is 9.88. The fraction of sp³-hybridized carbons (Fsp3) is 0.833. The molecule has 17 heavy (non-hydrogen) atoms. The molecule has 1 unspecified atom stereocenters. The Morgan fingerprint density at radius 3 is 2.24 bits per heavy atom. The number of carbonyl (C=O) groups is 2. The van der Waals surface area contributed by atoms with E-state index in [1.54, 1.807) is 0 Å². The van der Waals surface area contributed by atoms with Gasteiger partial charge in [-0.3, -0.25) is 9.59 Å². The van der Waals surface area contributed by atoms with E-state index in [1.165, 1.54) is 6.92 Å². The summed E-state index contributed by atoms with van der Waals surface area (Å²) >= 11 is 0. The van der Waals surface area contributed by atoms with Gasteiger partial charge >= 0.3 is 5.97 Å². The Morgan fingerprint density at radius 2 is 1.82 bits per heavy atom. The van der Waals surface area contributed by atoms with Crippen LogP contribution < -0.4 is 11.1 Å². The van der Waals surface area contributed by atoms with Crippen molar-refractivity contribution < 1.29 is 14.7 Å². The topological polar surface area (TPSA) is 92.4 Å². The standard InChI is InChI=1S/C12H24N2O3/c1-8(2)10(6-7-13)4-5-11(15)14-9(3)12(16)17/h8-10H,4-7,13H2,1-3H3,(H,14,15)(H,16,17)/t9-,10?/m1/s1. The van der Waals surface area contributed by atoms with E-state index in [-0.39, 0.29) is 5.91 Å². The number of carboxylic acid groups (broad SMARTS) is 1. The van der Waals surface area contributed by atoms with Crippen LogP contribution in [0.2, 0.25) is 0 Å². The summed E-state index contributed by atoms with van der Waals surface area (Å²) in [6, 6.07) is -0.825. The third-order valence-corrected chi connectivity index (χ3v) is 2.97. The quantitative estimate of drug-likeness (QED) is 0.593. The Hall–Kier alpha value is -1.10. The molecule has 0 saturated heterocycles. The van der Waals surface area contributed by atoms with E-state index in [1.807, 2.05) is 0 Å². The smallest absolute Gasteiger partial charge is 0.325 e. The lowest BCUT2D eigenvalue weighted by molar-refractivity contribution is -0.141. The molecule has 0 rings (SSSR count). The van der Waals surface area contributed by atoms with Gasteiger partial charge in [-0.2, -0.15) is 0 Å². The zero-order valence-electron chi connectivity index (χ0n) is 10.9. The molecular weight excluding hydrogens is 220 g/mol. The van der Waals surface area contributed by atoms with Gasteiger partial charge in [0.2, 0.25) is 5.91 Å². The molecular formula is C12H24N2O3. The Kier molecular flexibility index (Phi) is 7.54. The van der Waals surface area contributed by atoms with Gasteiger partial charge in [-0.1, -0.05) is 13.8 Å². The molecule has 5 heteroatoms. The molecule has 0 spiro atoms. The van der Waals surface area contributed by atoms with Crippen LogP contribution >= 0.6 is 0 Å². The molecule has 5 nitrogen and oxygen atoms in total. The van der Waals surface area contributed by atoms with E-state index in [0.29, 0.717) is 24.8 Å². The van der Waals surface area contributed by atoms with E-state index >= 15 is 0 Å². The first-order valence-corrected chi connectivity index (χ1v) is 6.10. The molecule has 0 aromatic heterocycles. The lowest BCUT2D eigenvalue weighted by Crippen LogP contribution is -2.38. The molecule has 0 aliphatic heterocycles. The maximum absolute atomic E-state index is 11.5. The number of rotatable bonds is 8. The summed E-state index contributed by atoms with van der Waals surface area (Å²) in [7, 11) is 0. The third kappa shape index (κ3) is 6.94. The SMILES string of the molecule is CC(C)C(CCN)CCC(=O)N[C@H](C)C(=O)O. The Labute approximate surface area is 103 Å². The van der Waals surface area contributed by atoms with E-state index in [9.17, 15) is 9.59 Å². The molecule has 2 atom stereocenters. The highest BCUT2D eigenvalue weighted by Crippen LogP contribution is 2.20. The van der Waals surface area contributed by atoms with Gasteiger partial charge in [0, 0.05) is 6.42 Å². The summed E-state index contributed by atoms with van der Waals surface area (Å²) in [6.45, 7) is 6.30. The minimum atomic E-state index is -1.01. The largest absolute Gasteiger partial charge is 0.480 e. The van der Waals surface area contributed by atoms with Crippen LogP contribution in [0.5, 0.6) is 0 Å². The highest BCUT2D eigenvalue weighted by molar-refractivity contribution is 5.83. The highest BCUT2D eigenvalue weighted by atomic mass is 16.4. The summed E-state index contributed by atoms with van der Waals surface area (Å²) in [4.78, 5) is 22.0. The average molecular weight is 244 g/mol. The fourth-order valence-electron chi connectivity index (χ4n) is 1.72. The molecule has 0 heterocycles. The normalized spacial score (nSPS) is 14.4. The molecule has 1 amide bonds. The second-order valence-corrected chi connectivity index (χ2v) is 4.75. The predicted octanol–water partition coefficient (Wildman–Crippen LogP) is 0.977. The minimum absolute atomic E-state index is 0.206. The maximum atomic E-state index is 11.5. The van der Waals surface area contributed by atoms with Crippen molar-refractivity contribution in [1.29, 1.82) is 0 Å². The van der Waals surface area contributed by atoms with Gasteiger partial charge in [-0.25, -0.2) is 0 Å². The Balaban J connectivity index is 4.00. The van der Waals surface area contributed by atoms with Crippen LogP contribution in [0.3, 0.4) is 0 Å². The number of nitrogens with one attached hydrogen (secondary N) is 1. The molecule has 100 valence electrons. The summed E-state index contributed by atoms with van der Waals surface area (Å²) in [6.07, 6.45) is 2.02. The van der Waals surface area contributed by atoms with Crippen LogP contribution in [0.15, 0.2) is 0 Å². The van der Waals surface area contributed by atoms with Gasteiger partial charge in [-0.15, -0.1) is 0 Å². The van der Waals surface area contributed by atoms with Crippen molar-refractivity contribution in [3.05, 3.63) is 0 Å². The highest BCUT2D eigenvalue weighted by Gasteiger charge is 2.17. The minimum Gasteiger partial charge on any atom is -0.480 e. The van der Waals surface area contributed by atoms with Crippen LogP contribution in [0.1, 0.15) is 40.0 Å². The van der Waals surface area contributed by atoms with Crippen molar-refractivity contribution in [2.24, 2.45) is 17.6 Å². The molecule has 0 bridgehead atoms. The van der Waals surface area contributed by atoms with E-state index < -0.39 is 12.0 Å². The van der Waals surface area contributed by atoms with Crippen LogP contribution in [0.4, 0.5) is 0 Å². The first kappa shape index (κ1) is 15.9. The number of hydrogen-bond donors (Lipinski definition) is 3. The van der Waals surface area contributed by atoms with Gasteiger partial charge in [0.05, 0.1) is 0 Å². The van der Waals surface area contributed by atoms with Crippen molar-refractivity contribution in [2.75, 3.05) is 6.54 Å². The molecule has 0 aromatic carbocycles. The third-order valence-electron chi connectivity index (χ3n) is 2.97. The summed E-state index contributed by atoms with van der Waals surface area (Å²) in [5.74, 6) is -0.308. The van der Waals surface area contributed by atoms with Crippen LogP contribution in [-0.2, 0) is 9.59 Å². The van der Waals surface area contributed by atoms with Gasteiger partial charge in [0.1, 0.15) is 6.04 Å². The van der Waals surface area contributed by atoms with E-state index in [4.69, 9.17) is 10.8 Å². The van der Waals surface area contributed by atoms with Crippen LogP contribution in [-0.4, -0.2) is 29.6 Å². The molecule has 0 saturated carbocycles. The van der Waals surface area contributed by atoms with Crippen LogP contribution in [0.25, 0.3) is 0 Å². The zero-order chi connectivity index (χ0) is 13.4. The molecule has 0 aliphatic carbocycles. The first-order valence-electron chi connectivity index (χ1n) is 6.10. The number of amides is 1. The lowest BCUT2D eigenvalue weighted by Gasteiger charge is -2.20. The van der Waals surface area contributed by atoms with Gasteiger partial charge < -0.3 is 16.2 Å². The second kappa shape index (κ2) is 8.06. The summed E-state index contributed by atoms with van der Waals surface area (Å²) in [5.41, 5.74) is 5.52. The van der Waals surface area contributed by atoms with Crippen LogP contribution in [0, 0.1) is 11.8 Å². The second-order valence-electron chi connectivity index (χ2n) is 4.75. The average Bonchev–Trinajstić information content (AvgIpc) is 2.23. The first-order chi connectivity index (χ1) is 7.88. The molecule has 4 N–H and O–H groups in total. The fourth-order valence-corrected chi connectivity index (χ4v) is 1.72. The van der Waals surface area contributed by atoms with E-state index in [0.717, 1.165) is 12.8 Å². The molecule has 0 aromatic rings. The molecule has 0 fully saturated rings. The van der Waals surface area contributed by atoms with Gasteiger partial charge in [-0.05, 0) is 38.1 Å². The molecule has 0 radical (unpaired) electrons. The number of aliphatic carboxylic acids is 1. The summed E-state index contributed by atoms with van der Waals surface area (Å²) < 4.78 is 0. The molecule has 0 aliphatic rings. The predicted molar refractivity (Wildman–Crippen MR) is 66.5 cm³/mol. The summed E-state index contributed by atoms with van der Waals surface area (Å²) in [5, 5.41) is 11.1. The monoisotopic (exact) mass is 244 g/mol. The van der Waals surface area contributed by atoms with Gasteiger partial charge in [0.25, 0.3) is 0 Å². The zero-order valence-corrected chi connectivity index (χ0v) is 10.9. The van der Waals surface area contributed by atoms with E-state index in [2.05, 4.69) is 19.2 Å². The van der Waals surface area contributed by atoms with Gasteiger partial charge in [0.15, 0.2) is 0 Å². The number of carbonyl (C=O) groups excluding carboxylic acids is 1. The Bertz CT molecular complexity index is 254. The van der Waals surface area contributed by atoms with Crippen molar-refractivity contribution >= 4 is 11.9 Å². The maximum Gasteiger partial charge on any atom is 0.325 e. The van der Waals surface area contributed by atoms with Crippen molar-refractivity contribution in [3.8, 4) is 0 Å².